The van der Waals surface area contributed by atoms with Gasteiger partial charge in [-0.05, 0) is 30.3 Å². The smallest absolute Gasteiger partial charge is 0.195 e. The van der Waals surface area contributed by atoms with Crippen LogP contribution in [0.3, 0.4) is 0 Å². The number of carbonyl (C=O) groups is 1. The Bertz CT molecular complexity index is 839. The van der Waals surface area contributed by atoms with Crippen molar-refractivity contribution < 1.29 is 9.53 Å². The number of aromatic nitrogens is 1. The van der Waals surface area contributed by atoms with E-state index >= 15 is 0 Å². The SMILES string of the molecule is COc1ccc(C(=O)c2c[nH]c3cc(Br)ccc23)cc1N. The first kappa shape index (κ1) is 13.7. The number of nitrogens with two attached hydrogens (primary N) is 1. The van der Waals surface area contributed by atoms with Crippen molar-refractivity contribution in [2.45, 2.75) is 0 Å². The van der Waals surface area contributed by atoms with E-state index in [1.807, 2.05) is 18.2 Å². The summed E-state index contributed by atoms with van der Waals surface area (Å²) < 4.78 is 6.07. The molecule has 0 aliphatic carbocycles. The molecule has 0 saturated carbocycles. The molecule has 0 bridgehead atoms. The van der Waals surface area contributed by atoms with Crippen LogP contribution in [0, 0.1) is 0 Å². The highest BCUT2D eigenvalue weighted by atomic mass is 79.9. The number of fused-ring (bicyclic) bond motifs is 1. The van der Waals surface area contributed by atoms with Crippen LogP contribution in [0.4, 0.5) is 5.69 Å². The van der Waals surface area contributed by atoms with Crippen LogP contribution in [0.5, 0.6) is 5.75 Å². The predicted molar refractivity (Wildman–Crippen MR) is 86.8 cm³/mol. The maximum Gasteiger partial charge on any atom is 0.195 e. The lowest BCUT2D eigenvalue weighted by molar-refractivity contribution is 0.104. The molecule has 0 radical (unpaired) electrons. The van der Waals surface area contributed by atoms with Crippen LogP contribution in [0.2, 0.25) is 0 Å². The van der Waals surface area contributed by atoms with Crippen LogP contribution < -0.4 is 10.5 Å². The van der Waals surface area contributed by atoms with E-state index in [1.54, 1.807) is 31.5 Å². The minimum atomic E-state index is -0.0714. The molecule has 21 heavy (non-hydrogen) atoms. The topological polar surface area (TPSA) is 68.1 Å². The van der Waals surface area contributed by atoms with Crippen molar-refractivity contribution in [3.8, 4) is 5.75 Å². The third kappa shape index (κ3) is 2.40. The van der Waals surface area contributed by atoms with Crippen molar-refractivity contribution in [3.05, 3.63) is 58.2 Å². The normalized spacial score (nSPS) is 10.8. The molecule has 2 aromatic carbocycles. The molecule has 0 saturated heterocycles. The van der Waals surface area contributed by atoms with E-state index < -0.39 is 0 Å². The first-order valence-corrected chi connectivity index (χ1v) is 7.14. The number of rotatable bonds is 3. The van der Waals surface area contributed by atoms with Crippen molar-refractivity contribution >= 4 is 38.3 Å². The minimum Gasteiger partial charge on any atom is -0.495 e. The van der Waals surface area contributed by atoms with E-state index in [9.17, 15) is 4.79 Å². The van der Waals surface area contributed by atoms with Gasteiger partial charge in [-0.15, -0.1) is 0 Å². The second-order valence-electron chi connectivity index (χ2n) is 4.68. The number of halogens is 1. The quantitative estimate of drug-likeness (QED) is 0.561. The Hall–Kier alpha value is -2.27. The number of hydrogen-bond donors (Lipinski definition) is 2. The fourth-order valence-corrected chi connectivity index (χ4v) is 2.68. The molecule has 0 unspecified atom stereocenters. The molecule has 0 fully saturated rings. The molecular weight excluding hydrogens is 332 g/mol. The monoisotopic (exact) mass is 344 g/mol. The summed E-state index contributed by atoms with van der Waals surface area (Å²) in [6, 6.07) is 10.8. The van der Waals surface area contributed by atoms with Gasteiger partial charge in [0.05, 0.1) is 12.8 Å². The maximum atomic E-state index is 12.6. The number of ketones is 1. The average Bonchev–Trinajstić information content (AvgIpc) is 2.89. The van der Waals surface area contributed by atoms with Crippen LogP contribution in [0.1, 0.15) is 15.9 Å². The Labute approximate surface area is 130 Å². The number of carbonyl (C=O) groups excluding carboxylic acids is 1. The van der Waals surface area contributed by atoms with E-state index in [0.717, 1.165) is 15.4 Å². The fourth-order valence-electron chi connectivity index (χ4n) is 2.32. The van der Waals surface area contributed by atoms with Crippen LogP contribution >= 0.6 is 15.9 Å². The van der Waals surface area contributed by atoms with Gasteiger partial charge >= 0.3 is 0 Å². The number of ether oxygens (including phenoxy) is 1. The van der Waals surface area contributed by atoms with Crippen molar-refractivity contribution in [3.63, 3.8) is 0 Å². The number of H-pyrrole nitrogens is 1. The molecule has 1 heterocycles. The molecular formula is C16H13BrN2O2. The van der Waals surface area contributed by atoms with Gasteiger partial charge in [0.2, 0.25) is 0 Å². The van der Waals surface area contributed by atoms with Gasteiger partial charge in [0.1, 0.15) is 5.75 Å². The summed E-state index contributed by atoms with van der Waals surface area (Å²) in [5.41, 5.74) is 8.39. The maximum absolute atomic E-state index is 12.6. The molecule has 106 valence electrons. The molecule has 0 spiro atoms. The molecule has 0 atom stereocenters. The van der Waals surface area contributed by atoms with Crippen LogP contribution in [0.25, 0.3) is 10.9 Å². The number of benzene rings is 2. The number of methoxy groups -OCH3 is 1. The summed E-state index contributed by atoms with van der Waals surface area (Å²) >= 11 is 3.41. The van der Waals surface area contributed by atoms with Gasteiger partial charge in [-0.25, -0.2) is 0 Å². The van der Waals surface area contributed by atoms with Gasteiger partial charge in [0.25, 0.3) is 0 Å². The van der Waals surface area contributed by atoms with E-state index in [-0.39, 0.29) is 5.78 Å². The summed E-state index contributed by atoms with van der Waals surface area (Å²) in [4.78, 5) is 15.7. The lowest BCUT2D eigenvalue weighted by Crippen LogP contribution is -2.02. The van der Waals surface area contributed by atoms with Gasteiger partial charge in [-0.1, -0.05) is 22.0 Å². The molecule has 0 aliphatic rings. The van der Waals surface area contributed by atoms with Gasteiger partial charge in [0, 0.05) is 32.7 Å². The second-order valence-corrected chi connectivity index (χ2v) is 5.59. The first-order valence-electron chi connectivity index (χ1n) is 6.35. The predicted octanol–water partition coefficient (Wildman–Crippen LogP) is 3.75. The molecule has 0 amide bonds. The molecule has 3 aromatic rings. The van der Waals surface area contributed by atoms with Crippen LogP contribution in [0.15, 0.2) is 47.1 Å². The molecule has 3 N–H and O–H groups in total. The van der Waals surface area contributed by atoms with Gasteiger partial charge < -0.3 is 15.5 Å². The molecule has 0 aliphatic heterocycles. The number of aromatic amines is 1. The molecule has 1 aromatic heterocycles. The Balaban J connectivity index is 2.06. The van der Waals surface area contributed by atoms with E-state index in [0.29, 0.717) is 22.6 Å². The zero-order chi connectivity index (χ0) is 15.0. The number of hydrogen-bond acceptors (Lipinski definition) is 3. The minimum absolute atomic E-state index is 0.0714. The Morgan fingerprint density at radius 1 is 1.24 bits per heavy atom. The average molecular weight is 345 g/mol. The molecule has 5 heteroatoms. The first-order chi connectivity index (χ1) is 10.1. The van der Waals surface area contributed by atoms with E-state index in [1.165, 1.54) is 0 Å². The summed E-state index contributed by atoms with van der Waals surface area (Å²) in [7, 11) is 1.55. The summed E-state index contributed by atoms with van der Waals surface area (Å²) in [6.45, 7) is 0. The van der Waals surface area contributed by atoms with Crippen molar-refractivity contribution in [1.82, 2.24) is 4.98 Å². The lowest BCUT2D eigenvalue weighted by Gasteiger charge is -2.06. The highest BCUT2D eigenvalue weighted by Gasteiger charge is 2.15. The zero-order valence-corrected chi connectivity index (χ0v) is 12.9. The molecule has 3 rings (SSSR count). The Morgan fingerprint density at radius 3 is 2.76 bits per heavy atom. The third-order valence-electron chi connectivity index (χ3n) is 3.38. The largest absolute Gasteiger partial charge is 0.495 e. The van der Waals surface area contributed by atoms with Crippen LogP contribution in [-0.4, -0.2) is 17.9 Å². The number of nitrogens with one attached hydrogen (secondary N) is 1. The lowest BCUT2D eigenvalue weighted by atomic mass is 10.0. The third-order valence-corrected chi connectivity index (χ3v) is 3.87. The number of nitrogen functional groups attached to an aromatic ring is 1. The number of anilines is 1. The van der Waals surface area contributed by atoms with Crippen molar-refractivity contribution in [2.75, 3.05) is 12.8 Å². The Kier molecular flexibility index (Phi) is 3.43. The Morgan fingerprint density at radius 2 is 2.05 bits per heavy atom. The molecule has 4 nitrogen and oxygen atoms in total. The second kappa shape index (κ2) is 5.26. The zero-order valence-electron chi connectivity index (χ0n) is 11.3. The fraction of sp³-hybridized carbons (Fsp3) is 0.0625. The summed E-state index contributed by atoms with van der Waals surface area (Å²) in [5, 5.41) is 0.887. The highest BCUT2D eigenvalue weighted by Crippen LogP contribution is 2.27. The summed E-state index contributed by atoms with van der Waals surface area (Å²) in [5.74, 6) is 0.493. The van der Waals surface area contributed by atoms with Crippen molar-refractivity contribution in [1.29, 1.82) is 0 Å². The highest BCUT2D eigenvalue weighted by molar-refractivity contribution is 9.10. The van der Waals surface area contributed by atoms with Gasteiger partial charge in [0.15, 0.2) is 5.78 Å². The standard InChI is InChI=1S/C16H13BrN2O2/c1-21-15-5-2-9(6-13(15)18)16(20)12-8-19-14-7-10(17)3-4-11(12)14/h2-8,19H,18H2,1H3. The van der Waals surface area contributed by atoms with Crippen LogP contribution in [-0.2, 0) is 0 Å². The van der Waals surface area contributed by atoms with E-state index in [2.05, 4.69) is 20.9 Å². The van der Waals surface area contributed by atoms with E-state index in [4.69, 9.17) is 10.5 Å². The van der Waals surface area contributed by atoms with Gasteiger partial charge in [-0.3, -0.25) is 4.79 Å². The van der Waals surface area contributed by atoms with Crippen molar-refractivity contribution in [2.24, 2.45) is 0 Å². The summed E-state index contributed by atoms with van der Waals surface area (Å²) in [6.07, 6.45) is 1.72. The van der Waals surface area contributed by atoms with Gasteiger partial charge in [-0.2, -0.15) is 0 Å².